The van der Waals surface area contributed by atoms with Crippen LogP contribution in [0.15, 0.2) is 42.5 Å². The zero-order valence-electron chi connectivity index (χ0n) is 10.6. The Labute approximate surface area is 111 Å². The number of esters is 1. The molecular weight excluding hydrogens is 240 g/mol. The second-order valence-electron chi connectivity index (χ2n) is 4.07. The van der Waals surface area contributed by atoms with E-state index in [1.54, 1.807) is 0 Å². The van der Waals surface area contributed by atoms with Crippen LogP contribution in [0.2, 0.25) is 0 Å². The molecule has 0 bridgehead atoms. The van der Waals surface area contributed by atoms with Gasteiger partial charge in [0, 0.05) is 12.5 Å². The topological polar surface area (TPSA) is 46.5 Å². The predicted octanol–water partition coefficient (Wildman–Crippen LogP) is 2.44. The fourth-order valence-corrected chi connectivity index (χ4v) is 1.84. The second kappa shape index (κ2) is 6.03. The average molecular weight is 254 g/mol. The summed E-state index contributed by atoms with van der Waals surface area (Å²) in [5.41, 5.74) is 0.758. The van der Waals surface area contributed by atoms with Gasteiger partial charge in [-0.25, -0.2) is 0 Å². The molecular formula is C16H14O3. The zero-order chi connectivity index (χ0) is 13.7. The summed E-state index contributed by atoms with van der Waals surface area (Å²) in [4.78, 5) is 10.6. The van der Waals surface area contributed by atoms with Crippen LogP contribution in [0.25, 0.3) is 10.8 Å². The highest BCUT2D eigenvalue weighted by atomic mass is 16.5. The molecule has 0 saturated heterocycles. The lowest BCUT2D eigenvalue weighted by molar-refractivity contribution is -0.139. The van der Waals surface area contributed by atoms with Crippen molar-refractivity contribution in [1.29, 1.82) is 0 Å². The third kappa shape index (κ3) is 3.34. The Bertz CT molecular complexity index is 644. The molecule has 0 fully saturated rings. The lowest BCUT2D eigenvalue weighted by atomic mass is 10.0. The first-order chi connectivity index (χ1) is 9.18. The minimum atomic E-state index is -0.887. The molecule has 0 aliphatic rings. The lowest BCUT2D eigenvalue weighted by Crippen LogP contribution is -1.99. The largest absolute Gasteiger partial charge is 0.453 e. The normalized spacial score (nSPS) is 11.5. The van der Waals surface area contributed by atoms with E-state index in [2.05, 4.69) is 11.8 Å². The summed E-state index contributed by atoms with van der Waals surface area (Å²) in [6, 6.07) is 13.5. The SMILES string of the molecule is CC(=O)OCC#C[C@@H](O)c1cccc2ccccc12. The van der Waals surface area contributed by atoms with Gasteiger partial charge in [-0.3, -0.25) is 4.79 Å². The van der Waals surface area contributed by atoms with Gasteiger partial charge in [-0.2, -0.15) is 0 Å². The van der Waals surface area contributed by atoms with Crippen LogP contribution in [0.5, 0.6) is 0 Å². The summed E-state index contributed by atoms with van der Waals surface area (Å²) in [6.45, 7) is 1.32. The number of aliphatic hydroxyl groups excluding tert-OH is 1. The Morgan fingerprint density at radius 2 is 2.00 bits per heavy atom. The van der Waals surface area contributed by atoms with E-state index in [4.69, 9.17) is 4.74 Å². The van der Waals surface area contributed by atoms with Gasteiger partial charge in [0.1, 0.15) is 6.10 Å². The summed E-state index contributed by atoms with van der Waals surface area (Å²) in [6.07, 6.45) is -0.887. The van der Waals surface area contributed by atoms with E-state index in [-0.39, 0.29) is 12.6 Å². The molecule has 3 heteroatoms. The summed E-state index contributed by atoms with van der Waals surface area (Å²) in [5.74, 6) is 4.93. The monoisotopic (exact) mass is 254 g/mol. The number of fused-ring (bicyclic) bond motifs is 1. The van der Waals surface area contributed by atoms with Crippen LogP contribution in [-0.4, -0.2) is 17.7 Å². The summed E-state index contributed by atoms with van der Waals surface area (Å²) in [5, 5.41) is 12.1. The molecule has 0 aliphatic carbocycles. The van der Waals surface area contributed by atoms with E-state index in [1.165, 1.54) is 6.92 Å². The number of benzene rings is 2. The number of ether oxygens (including phenoxy) is 1. The van der Waals surface area contributed by atoms with Crippen molar-refractivity contribution in [3.8, 4) is 11.8 Å². The molecule has 3 nitrogen and oxygen atoms in total. The van der Waals surface area contributed by atoms with Crippen molar-refractivity contribution in [2.75, 3.05) is 6.61 Å². The second-order valence-corrected chi connectivity index (χ2v) is 4.07. The molecule has 2 aromatic rings. The van der Waals surface area contributed by atoms with Gasteiger partial charge < -0.3 is 9.84 Å². The van der Waals surface area contributed by atoms with E-state index in [0.717, 1.165) is 16.3 Å². The number of carbonyl (C=O) groups excluding carboxylic acids is 1. The maximum atomic E-state index is 10.6. The molecule has 0 aromatic heterocycles. The number of rotatable bonds is 2. The van der Waals surface area contributed by atoms with E-state index in [9.17, 15) is 9.90 Å². The van der Waals surface area contributed by atoms with Gasteiger partial charge in [0.05, 0.1) is 0 Å². The predicted molar refractivity (Wildman–Crippen MR) is 73.3 cm³/mol. The zero-order valence-corrected chi connectivity index (χ0v) is 10.6. The highest BCUT2D eigenvalue weighted by Gasteiger charge is 2.07. The number of hydrogen-bond acceptors (Lipinski definition) is 3. The molecule has 2 rings (SSSR count). The Hall–Kier alpha value is -2.31. The molecule has 1 N–H and O–H groups in total. The Balaban J connectivity index is 2.21. The fraction of sp³-hybridized carbons (Fsp3) is 0.188. The molecule has 0 amide bonds. The maximum Gasteiger partial charge on any atom is 0.303 e. The van der Waals surface area contributed by atoms with Crippen molar-refractivity contribution in [3.05, 3.63) is 48.0 Å². The Morgan fingerprint density at radius 1 is 1.26 bits per heavy atom. The first-order valence-electron chi connectivity index (χ1n) is 5.96. The maximum absolute atomic E-state index is 10.6. The molecule has 0 radical (unpaired) electrons. The van der Waals surface area contributed by atoms with Gasteiger partial charge in [-0.1, -0.05) is 54.3 Å². The first-order valence-corrected chi connectivity index (χ1v) is 5.96. The van der Waals surface area contributed by atoms with Gasteiger partial charge in [0.25, 0.3) is 0 Å². The Kier molecular flexibility index (Phi) is 4.17. The highest BCUT2D eigenvalue weighted by molar-refractivity contribution is 5.86. The van der Waals surface area contributed by atoms with Crippen molar-refractivity contribution < 1.29 is 14.6 Å². The number of hydrogen-bond donors (Lipinski definition) is 1. The average Bonchev–Trinajstić information content (AvgIpc) is 2.42. The molecule has 0 spiro atoms. The summed E-state index contributed by atoms with van der Waals surface area (Å²) in [7, 11) is 0. The van der Waals surface area contributed by atoms with E-state index in [1.807, 2.05) is 42.5 Å². The van der Waals surface area contributed by atoms with Crippen molar-refractivity contribution in [2.45, 2.75) is 13.0 Å². The van der Waals surface area contributed by atoms with E-state index in [0.29, 0.717) is 0 Å². The van der Waals surface area contributed by atoms with Gasteiger partial charge in [0.2, 0.25) is 0 Å². The standard InChI is InChI=1S/C16H14O3/c1-12(17)19-11-5-10-16(18)15-9-4-7-13-6-2-3-8-14(13)15/h2-4,6-9,16,18H,11H2,1H3/t16-/m1/s1. The van der Waals surface area contributed by atoms with E-state index >= 15 is 0 Å². The van der Waals surface area contributed by atoms with Crippen LogP contribution in [0.1, 0.15) is 18.6 Å². The molecule has 19 heavy (non-hydrogen) atoms. The Morgan fingerprint density at radius 3 is 2.79 bits per heavy atom. The molecule has 0 aliphatic heterocycles. The number of carbonyl (C=O) groups is 1. The van der Waals surface area contributed by atoms with Crippen LogP contribution in [0.4, 0.5) is 0 Å². The highest BCUT2D eigenvalue weighted by Crippen LogP contribution is 2.23. The molecule has 0 heterocycles. The summed E-state index contributed by atoms with van der Waals surface area (Å²) >= 11 is 0. The van der Waals surface area contributed by atoms with Crippen LogP contribution in [0, 0.1) is 11.8 Å². The van der Waals surface area contributed by atoms with Crippen molar-refractivity contribution in [3.63, 3.8) is 0 Å². The number of aliphatic hydroxyl groups is 1. The lowest BCUT2D eigenvalue weighted by Gasteiger charge is -2.08. The molecule has 0 unspecified atom stereocenters. The van der Waals surface area contributed by atoms with Crippen LogP contribution < -0.4 is 0 Å². The van der Waals surface area contributed by atoms with Gasteiger partial charge in [0.15, 0.2) is 6.61 Å². The molecule has 0 saturated carbocycles. The van der Waals surface area contributed by atoms with Crippen molar-refractivity contribution in [2.24, 2.45) is 0 Å². The van der Waals surface area contributed by atoms with Crippen LogP contribution in [0.3, 0.4) is 0 Å². The fourth-order valence-electron chi connectivity index (χ4n) is 1.84. The van der Waals surface area contributed by atoms with Crippen molar-refractivity contribution in [1.82, 2.24) is 0 Å². The summed E-state index contributed by atoms with van der Waals surface area (Å²) < 4.78 is 4.69. The molecule has 1 atom stereocenters. The third-order valence-electron chi connectivity index (χ3n) is 2.70. The van der Waals surface area contributed by atoms with Crippen LogP contribution in [-0.2, 0) is 9.53 Å². The van der Waals surface area contributed by atoms with Crippen LogP contribution >= 0.6 is 0 Å². The van der Waals surface area contributed by atoms with Gasteiger partial charge >= 0.3 is 5.97 Å². The molecule has 96 valence electrons. The minimum Gasteiger partial charge on any atom is -0.453 e. The minimum absolute atomic E-state index is 0.00282. The van der Waals surface area contributed by atoms with E-state index < -0.39 is 6.10 Å². The van der Waals surface area contributed by atoms with Gasteiger partial charge in [-0.05, 0) is 10.8 Å². The smallest absolute Gasteiger partial charge is 0.303 e. The molecule has 2 aromatic carbocycles. The van der Waals surface area contributed by atoms with Gasteiger partial charge in [-0.15, -0.1) is 0 Å². The quantitative estimate of drug-likeness (QED) is 0.661. The first kappa shape index (κ1) is 13.1. The van der Waals surface area contributed by atoms with Crippen molar-refractivity contribution >= 4 is 16.7 Å². The third-order valence-corrected chi connectivity index (χ3v) is 2.70.